The molecule has 0 bridgehead atoms. The van der Waals surface area contributed by atoms with Crippen molar-refractivity contribution in [3.63, 3.8) is 0 Å². The molecule has 1 aliphatic rings. The summed E-state index contributed by atoms with van der Waals surface area (Å²) in [4.78, 5) is 36.6. The third-order valence-electron chi connectivity index (χ3n) is 3.02. The zero-order chi connectivity index (χ0) is 16.4. The fourth-order valence-electron chi connectivity index (χ4n) is 2.13. The van der Waals surface area contributed by atoms with Crippen molar-refractivity contribution < 1.29 is 28.2 Å². The number of ketones is 1. The Morgan fingerprint density at radius 3 is 2.52 bits per heavy atom. The number of ether oxygens (including phenoxy) is 2. The summed E-state index contributed by atoms with van der Waals surface area (Å²) in [5.41, 5.74) is -3.37. The highest BCUT2D eigenvalue weighted by atomic mass is 19.1. The largest absolute Gasteiger partial charge is 0.467 e. The third-order valence-corrected chi connectivity index (χ3v) is 3.02. The Hall–Kier alpha value is -1.92. The fourth-order valence-corrected chi connectivity index (χ4v) is 2.13. The minimum absolute atomic E-state index is 0.384. The van der Waals surface area contributed by atoms with Gasteiger partial charge in [0.05, 0.1) is 13.7 Å². The molecular formula is C14H20FNO5. The molecule has 1 amide bonds. The number of likely N-dealkylation sites (tertiary alicyclic amines) is 1. The zero-order valence-electron chi connectivity index (χ0n) is 12.6. The van der Waals surface area contributed by atoms with E-state index in [1.165, 1.54) is 6.08 Å². The first kappa shape index (κ1) is 17.1. The lowest BCUT2D eigenvalue weighted by Crippen LogP contribution is -2.52. The molecule has 1 saturated heterocycles. The van der Waals surface area contributed by atoms with E-state index in [0.29, 0.717) is 0 Å². The maximum Gasteiger partial charge on any atom is 0.411 e. The average Bonchev–Trinajstić information content (AvgIpc) is 2.60. The number of rotatable bonds is 3. The number of methoxy groups -OCH3 is 1. The maximum absolute atomic E-state index is 14.9. The van der Waals surface area contributed by atoms with E-state index in [1.54, 1.807) is 20.8 Å². The van der Waals surface area contributed by atoms with Crippen LogP contribution in [0.1, 0.15) is 27.2 Å². The van der Waals surface area contributed by atoms with Crippen molar-refractivity contribution >= 4 is 17.8 Å². The van der Waals surface area contributed by atoms with Gasteiger partial charge in [-0.3, -0.25) is 9.69 Å². The molecule has 21 heavy (non-hydrogen) atoms. The second-order valence-corrected chi connectivity index (χ2v) is 5.81. The topological polar surface area (TPSA) is 72.9 Å². The molecule has 0 aromatic heterocycles. The number of Topliss-reactive ketones (excluding diaryl/α,β-unsaturated/α-hetero) is 1. The molecule has 0 N–H and O–H groups in total. The smallest absolute Gasteiger partial charge is 0.411 e. The quantitative estimate of drug-likeness (QED) is 0.585. The van der Waals surface area contributed by atoms with Crippen molar-refractivity contribution in [2.75, 3.05) is 13.7 Å². The summed E-state index contributed by atoms with van der Waals surface area (Å²) in [6.07, 6.45) is -0.132. The Labute approximate surface area is 122 Å². The molecule has 0 aliphatic carbocycles. The molecule has 7 heteroatoms. The summed E-state index contributed by atoms with van der Waals surface area (Å²) < 4.78 is 24.5. The van der Waals surface area contributed by atoms with Crippen LogP contribution in [0.15, 0.2) is 12.7 Å². The summed E-state index contributed by atoms with van der Waals surface area (Å²) in [6, 6.07) is -1.66. The number of amides is 1. The van der Waals surface area contributed by atoms with Crippen molar-refractivity contribution in [1.82, 2.24) is 4.90 Å². The van der Waals surface area contributed by atoms with Gasteiger partial charge < -0.3 is 9.47 Å². The summed E-state index contributed by atoms with van der Waals surface area (Å²) >= 11 is 0. The van der Waals surface area contributed by atoms with Crippen LogP contribution in [0.4, 0.5) is 9.18 Å². The molecule has 118 valence electrons. The standard InChI is InChI=1S/C14H20FNO5/c1-6-7-14(15)9(17)8-16(10(14)11(18)20-5)12(19)21-13(2,3)4/h6,10H,1,7-8H2,2-5H3/t10-,14?/m1/s1. The van der Waals surface area contributed by atoms with Crippen LogP contribution in [-0.4, -0.2) is 53.7 Å². The summed E-state index contributed by atoms with van der Waals surface area (Å²) in [5.74, 6) is -1.88. The van der Waals surface area contributed by atoms with Crippen molar-refractivity contribution in [1.29, 1.82) is 0 Å². The number of carbonyl (C=O) groups excluding carboxylic acids is 3. The lowest BCUT2D eigenvalue weighted by atomic mass is 9.92. The van der Waals surface area contributed by atoms with Crippen LogP contribution in [-0.2, 0) is 19.1 Å². The summed E-state index contributed by atoms with van der Waals surface area (Å²) in [7, 11) is 1.06. The fraction of sp³-hybridized carbons (Fsp3) is 0.643. The Bertz CT molecular complexity index is 470. The van der Waals surface area contributed by atoms with Gasteiger partial charge in [-0.25, -0.2) is 14.0 Å². The Morgan fingerprint density at radius 2 is 2.10 bits per heavy atom. The molecule has 1 rings (SSSR count). The van der Waals surface area contributed by atoms with E-state index in [9.17, 15) is 18.8 Å². The van der Waals surface area contributed by atoms with Gasteiger partial charge in [0, 0.05) is 6.42 Å². The number of hydrogen-bond donors (Lipinski definition) is 0. The van der Waals surface area contributed by atoms with Crippen LogP contribution < -0.4 is 0 Å². The van der Waals surface area contributed by atoms with Gasteiger partial charge in [-0.05, 0) is 20.8 Å². The molecule has 1 fully saturated rings. The van der Waals surface area contributed by atoms with Gasteiger partial charge >= 0.3 is 12.1 Å². The number of allylic oxidation sites excluding steroid dienone is 1. The number of hydrogen-bond acceptors (Lipinski definition) is 5. The molecule has 0 spiro atoms. The van der Waals surface area contributed by atoms with E-state index in [-0.39, 0.29) is 6.42 Å². The lowest BCUT2D eigenvalue weighted by Gasteiger charge is -2.30. The Balaban J connectivity index is 3.15. The first-order valence-electron chi connectivity index (χ1n) is 6.47. The molecule has 0 radical (unpaired) electrons. The highest BCUT2D eigenvalue weighted by Gasteiger charge is 2.60. The number of nitrogens with zero attached hydrogens (tertiary/aromatic N) is 1. The summed E-state index contributed by atoms with van der Waals surface area (Å²) in [5, 5.41) is 0. The van der Waals surface area contributed by atoms with Crippen molar-refractivity contribution in [2.24, 2.45) is 0 Å². The molecular weight excluding hydrogens is 281 g/mol. The van der Waals surface area contributed by atoms with Gasteiger partial charge in [-0.15, -0.1) is 6.58 Å². The molecule has 0 aromatic carbocycles. The minimum atomic E-state index is -2.54. The van der Waals surface area contributed by atoms with E-state index in [0.717, 1.165) is 12.0 Å². The number of halogens is 1. The highest BCUT2D eigenvalue weighted by molar-refractivity contribution is 6.02. The minimum Gasteiger partial charge on any atom is -0.467 e. The average molecular weight is 301 g/mol. The van der Waals surface area contributed by atoms with Crippen molar-refractivity contribution in [3.05, 3.63) is 12.7 Å². The predicted molar refractivity (Wildman–Crippen MR) is 72.4 cm³/mol. The van der Waals surface area contributed by atoms with Crippen molar-refractivity contribution in [3.8, 4) is 0 Å². The van der Waals surface area contributed by atoms with E-state index < -0.39 is 41.7 Å². The van der Waals surface area contributed by atoms with Gasteiger partial charge in [-0.1, -0.05) is 6.08 Å². The Morgan fingerprint density at radius 1 is 1.52 bits per heavy atom. The molecule has 6 nitrogen and oxygen atoms in total. The molecule has 0 saturated carbocycles. The normalized spacial score (nSPS) is 25.7. The van der Waals surface area contributed by atoms with Crippen LogP contribution in [0.5, 0.6) is 0 Å². The number of carbonyl (C=O) groups is 3. The maximum atomic E-state index is 14.9. The third kappa shape index (κ3) is 3.40. The number of alkyl halides is 1. The van der Waals surface area contributed by atoms with Crippen LogP contribution >= 0.6 is 0 Å². The monoisotopic (exact) mass is 301 g/mol. The zero-order valence-corrected chi connectivity index (χ0v) is 12.6. The van der Waals surface area contributed by atoms with Crippen LogP contribution in [0.3, 0.4) is 0 Å². The molecule has 1 unspecified atom stereocenters. The van der Waals surface area contributed by atoms with Crippen molar-refractivity contribution in [2.45, 2.75) is 44.5 Å². The SMILES string of the molecule is C=CCC1(F)C(=O)CN(C(=O)OC(C)(C)C)[C@@H]1C(=O)OC. The van der Waals surface area contributed by atoms with E-state index >= 15 is 0 Å². The van der Waals surface area contributed by atoms with Gasteiger partial charge in [0.25, 0.3) is 0 Å². The van der Waals surface area contributed by atoms with E-state index in [4.69, 9.17) is 4.74 Å². The second kappa shape index (κ2) is 5.83. The van der Waals surface area contributed by atoms with Gasteiger partial charge in [0.1, 0.15) is 5.60 Å². The van der Waals surface area contributed by atoms with Gasteiger partial charge in [0.2, 0.25) is 5.67 Å². The second-order valence-electron chi connectivity index (χ2n) is 5.81. The number of esters is 1. The van der Waals surface area contributed by atoms with Crippen LogP contribution in [0, 0.1) is 0 Å². The first-order chi connectivity index (χ1) is 9.56. The Kier molecular flexibility index (Phi) is 4.76. The molecule has 1 heterocycles. The predicted octanol–water partition coefficient (Wildman–Crippen LogP) is 1.63. The van der Waals surface area contributed by atoms with Crippen LogP contribution in [0.2, 0.25) is 0 Å². The van der Waals surface area contributed by atoms with E-state index in [1.807, 2.05) is 0 Å². The molecule has 1 aliphatic heterocycles. The summed E-state index contributed by atoms with van der Waals surface area (Å²) in [6.45, 7) is 7.71. The highest BCUT2D eigenvalue weighted by Crippen LogP contribution is 2.35. The van der Waals surface area contributed by atoms with Crippen LogP contribution in [0.25, 0.3) is 0 Å². The molecule has 2 atom stereocenters. The van der Waals surface area contributed by atoms with Gasteiger partial charge in [-0.2, -0.15) is 0 Å². The van der Waals surface area contributed by atoms with E-state index in [2.05, 4.69) is 11.3 Å². The first-order valence-corrected chi connectivity index (χ1v) is 6.47. The van der Waals surface area contributed by atoms with Gasteiger partial charge in [0.15, 0.2) is 11.8 Å². The molecule has 0 aromatic rings. The lowest BCUT2D eigenvalue weighted by molar-refractivity contribution is -0.151.